The molecule has 0 radical (unpaired) electrons. The summed E-state index contributed by atoms with van der Waals surface area (Å²) in [5.74, 6) is -0.224. The van der Waals surface area contributed by atoms with Gasteiger partial charge in [0.05, 0.1) is 18.3 Å². The number of hydrogen-bond donors (Lipinski definition) is 4. The van der Waals surface area contributed by atoms with E-state index in [1.54, 1.807) is 4.90 Å². The summed E-state index contributed by atoms with van der Waals surface area (Å²) in [6.45, 7) is 2.40. The number of carbonyl (C=O) groups is 2. The minimum Gasteiger partial charge on any atom is -0.465 e. The highest BCUT2D eigenvalue weighted by molar-refractivity contribution is 5.85. The fraction of sp³-hybridized carbons (Fsp3) is 0.364. The second kappa shape index (κ2) is 9.54. The molecular formula is C22H27N3O4. The van der Waals surface area contributed by atoms with Crippen LogP contribution in [-0.4, -0.2) is 51.5 Å². The number of carbonyl (C=O) groups excluding carboxylic acids is 1. The van der Waals surface area contributed by atoms with E-state index in [2.05, 4.69) is 10.6 Å². The summed E-state index contributed by atoms with van der Waals surface area (Å²) in [5.41, 5.74) is 1.88. The molecule has 1 aliphatic rings. The van der Waals surface area contributed by atoms with Crippen LogP contribution in [0.5, 0.6) is 0 Å². The highest BCUT2D eigenvalue weighted by atomic mass is 16.4. The maximum absolute atomic E-state index is 13.1. The van der Waals surface area contributed by atoms with Gasteiger partial charge in [0.25, 0.3) is 0 Å². The van der Waals surface area contributed by atoms with Crippen molar-refractivity contribution < 1.29 is 19.8 Å². The Labute approximate surface area is 170 Å². The van der Waals surface area contributed by atoms with E-state index in [0.29, 0.717) is 13.0 Å². The molecule has 1 saturated heterocycles. The molecule has 1 aliphatic heterocycles. The van der Waals surface area contributed by atoms with Crippen molar-refractivity contribution >= 4 is 12.0 Å². The molecule has 7 nitrogen and oxygen atoms in total. The Morgan fingerprint density at radius 3 is 2.24 bits per heavy atom. The maximum atomic E-state index is 13.1. The van der Waals surface area contributed by atoms with Gasteiger partial charge in [0.1, 0.15) is 6.04 Å². The summed E-state index contributed by atoms with van der Waals surface area (Å²) < 4.78 is 0. The van der Waals surface area contributed by atoms with Crippen molar-refractivity contribution in [2.24, 2.45) is 0 Å². The van der Waals surface area contributed by atoms with Crippen molar-refractivity contribution in [1.82, 2.24) is 15.5 Å². The molecule has 0 unspecified atom stereocenters. The highest BCUT2D eigenvalue weighted by Crippen LogP contribution is 2.21. The maximum Gasteiger partial charge on any atom is 0.404 e. The fourth-order valence-corrected chi connectivity index (χ4v) is 3.77. The molecule has 2 aromatic rings. The molecule has 3 rings (SSSR count). The second-order valence-corrected chi connectivity index (χ2v) is 7.26. The van der Waals surface area contributed by atoms with Crippen LogP contribution in [0.15, 0.2) is 60.7 Å². The molecule has 7 heteroatoms. The van der Waals surface area contributed by atoms with Gasteiger partial charge in [-0.3, -0.25) is 10.1 Å². The molecule has 0 bridgehead atoms. The average Bonchev–Trinajstić information content (AvgIpc) is 3.04. The monoisotopic (exact) mass is 397 g/mol. The molecule has 0 aromatic heterocycles. The number of hydrogen-bond acceptors (Lipinski definition) is 4. The number of carboxylic acid groups (broad SMARTS) is 1. The molecule has 4 atom stereocenters. The number of nitrogens with zero attached hydrogens (tertiary/aromatic N) is 1. The van der Waals surface area contributed by atoms with E-state index in [1.807, 2.05) is 67.6 Å². The third-order valence-electron chi connectivity index (χ3n) is 5.24. The van der Waals surface area contributed by atoms with Gasteiger partial charge in [-0.15, -0.1) is 0 Å². The molecular weight excluding hydrogens is 370 g/mol. The average molecular weight is 397 g/mol. The topological polar surface area (TPSA) is 102 Å². The number of aliphatic hydroxyl groups is 1. The summed E-state index contributed by atoms with van der Waals surface area (Å²) in [6.07, 6.45) is -1.69. The molecule has 1 heterocycles. The zero-order valence-electron chi connectivity index (χ0n) is 16.4. The first-order valence-electron chi connectivity index (χ1n) is 9.81. The van der Waals surface area contributed by atoms with Crippen LogP contribution in [0.1, 0.15) is 24.5 Å². The molecule has 154 valence electrons. The number of nitrogens with one attached hydrogen (secondary N) is 2. The quantitative estimate of drug-likeness (QED) is 0.545. The second-order valence-electron chi connectivity index (χ2n) is 7.26. The smallest absolute Gasteiger partial charge is 0.404 e. The first-order valence-corrected chi connectivity index (χ1v) is 9.81. The molecule has 1 fully saturated rings. The summed E-state index contributed by atoms with van der Waals surface area (Å²) >= 11 is 0. The van der Waals surface area contributed by atoms with Crippen molar-refractivity contribution in [1.29, 1.82) is 0 Å². The van der Waals surface area contributed by atoms with Gasteiger partial charge in [-0.25, -0.2) is 4.79 Å². The van der Waals surface area contributed by atoms with E-state index in [1.165, 1.54) is 0 Å². The van der Waals surface area contributed by atoms with Crippen molar-refractivity contribution in [2.75, 3.05) is 0 Å². The lowest BCUT2D eigenvalue weighted by Gasteiger charge is -2.26. The van der Waals surface area contributed by atoms with Crippen LogP contribution < -0.4 is 10.6 Å². The van der Waals surface area contributed by atoms with E-state index in [9.17, 15) is 19.8 Å². The van der Waals surface area contributed by atoms with Crippen molar-refractivity contribution in [2.45, 2.75) is 50.7 Å². The Bertz CT molecular complexity index is 815. The normalized spacial score (nSPS) is 21.0. The Kier molecular flexibility index (Phi) is 6.85. The van der Waals surface area contributed by atoms with Gasteiger partial charge >= 0.3 is 6.09 Å². The van der Waals surface area contributed by atoms with E-state index in [-0.39, 0.29) is 18.5 Å². The van der Waals surface area contributed by atoms with Crippen LogP contribution >= 0.6 is 0 Å². The molecule has 29 heavy (non-hydrogen) atoms. The van der Waals surface area contributed by atoms with Gasteiger partial charge in [-0.2, -0.15) is 0 Å². The van der Waals surface area contributed by atoms with Gasteiger partial charge in [0, 0.05) is 6.54 Å². The summed E-state index contributed by atoms with van der Waals surface area (Å²) in [5, 5.41) is 25.7. The van der Waals surface area contributed by atoms with Crippen LogP contribution in [0, 0.1) is 0 Å². The first kappa shape index (κ1) is 20.8. The predicted molar refractivity (Wildman–Crippen MR) is 109 cm³/mol. The van der Waals surface area contributed by atoms with Crippen LogP contribution in [-0.2, 0) is 17.8 Å². The molecule has 0 aliphatic carbocycles. The first-order chi connectivity index (χ1) is 14.0. The highest BCUT2D eigenvalue weighted by Gasteiger charge is 2.44. The van der Waals surface area contributed by atoms with Gasteiger partial charge in [0.2, 0.25) is 5.91 Å². The lowest BCUT2D eigenvalue weighted by atomic mass is 9.96. The summed E-state index contributed by atoms with van der Waals surface area (Å²) in [6, 6.07) is 17.3. The number of aliphatic hydroxyl groups excluding tert-OH is 1. The summed E-state index contributed by atoms with van der Waals surface area (Å²) in [4.78, 5) is 26.1. The number of benzene rings is 2. The molecule has 0 saturated carbocycles. The molecule has 0 spiro atoms. The largest absolute Gasteiger partial charge is 0.465 e. The minimum atomic E-state index is -1.23. The van der Waals surface area contributed by atoms with E-state index >= 15 is 0 Å². The van der Waals surface area contributed by atoms with Gasteiger partial charge in [-0.05, 0) is 24.0 Å². The van der Waals surface area contributed by atoms with Gasteiger partial charge in [0.15, 0.2) is 0 Å². The van der Waals surface area contributed by atoms with Crippen molar-refractivity contribution in [3.8, 4) is 0 Å². The van der Waals surface area contributed by atoms with Crippen molar-refractivity contribution in [3.63, 3.8) is 0 Å². The van der Waals surface area contributed by atoms with Crippen LogP contribution in [0.25, 0.3) is 0 Å². The predicted octanol–water partition coefficient (Wildman–Crippen LogP) is 1.96. The number of amides is 2. The van der Waals surface area contributed by atoms with Gasteiger partial charge in [-0.1, -0.05) is 67.6 Å². The van der Waals surface area contributed by atoms with Gasteiger partial charge < -0.3 is 20.4 Å². The Morgan fingerprint density at radius 2 is 1.69 bits per heavy atom. The Hall–Kier alpha value is -2.90. The van der Waals surface area contributed by atoms with Crippen LogP contribution in [0.3, 0.4) is 0 Å². The standard InChI is InChI=1S/C22H27N3O4/c1-2-18-24-19(21(27)25(18)14-16-11-7-4-8-12-16)20(26)17(23-22(28)29)13-15-9-5-3-6-10-15/h3-12,17-20,23-24,26H,2,13-14H2,1H3,(H,28,29)/t17-,18-,19-,20+/m0/s1. The zero-order valence-corrected chi connectivity index (χ0v) is 16.4. The summed E-state index contributed by atoms with van der Waals surface area (Å²) in [7, 11) is 0. The van der Waals surface area contributed by atoms with Crippen molar-refractivity contribution in [3.05, 3.63) is 71.8 Å². The van der Waals surface area contributed by atoms with Crippen LogP contribution in [0.2, 0.25) is 0 Å². The molecule has 4 N–H and O–H groups in total. The molecule has 2 amide bonds. The van der Waals surface area contributed by atoms with E-state index in [4.69, 9.17) is 0 Å². The van der Waals surface area contributed by atoms with E-state index < -0.39 is 24.3 Å². The SMILES string of the molecule is CC[C@H]1N[C@@H]([C@H](O)[C@H](Cc2ccccc2)NC(=O)O)C(=O)N1Cc1ccccc1. The van der Waals surface area contributed by atoms with E-state index in [0.717, 1.165) is 11.1 Å². The lowest BCUT2D eigenvalue weighted by Crippen LogP contribution is -2.54. The Balaban J connectivity index is 1.77. The Morgan fingerprint density at radius 1 is 1.10 bits per heavy atom. The lowest BCUT2D eigenvalue weighted by molar-refractivity contribution is -0.132. The minimum absolute atomic E-state index is 0.218. The third kappa shape index (κ3) is 5.13. The van der Waals surface area contributed by atoms with Crippen LogP contribution in [0.4, 0.5) is 4.79 Å². The molecule has 2 aromatic carbocycles. The number of rotatable bonds is 8. The fourth-order valence-electron chi connectivity index (χ4n) is 3.77. The zero-order chi connectivity index (χ0) is 20.8. The third-order valence-corrected chi connectivity index (χ3v) is 5.24.